The fraction of sp³-hybridized carbons (Fsp3) is 0.375. The predicted molar refractivity (Wildman–Crippen MR) is 57.3 cm³/mol. The molecule has 1 heterocycles. The normalized spacial score (nSPS) is 10.1. The van der Waals surface area contributed by atoms with Crippen molar-refractivity contribution in [3.63, 3.8) is 0 Å². The Labute approximate surface area is 95.4 Å². The van der Waals surface area contributed by atoms with E-state index in [2.05, 4.69) is 10.3 Å². The number of nitrogens with zero attached hydrogens (tertiary/aromatic N) is 1. The molecule has 15 heavy (non-hydrogen) atoms. The van der Waals surface area contributed by atoms with Gasteiger partial charge in [-0.1, -0.05) is 11.3 Å². The highest BCUT2D eigenvalue weighted by Gasteiger charge is 2.16. The van der Waals surface area contributed by atoms with Crippen molar-refractivity contribution >= 4 is 39.2 Å². The Hall–Kier alpha value is -0.980. The molecule has 1 aromatic rings. The third kappa shape index (κ3) is 3.26. The minimum atomic E-state index is -0.601. The molecule has 0 aliphatic heterocycles. The molecule has 0 radical (unpaired) electrons. The molecule has 0 atom stereocenters. The van der Waals surface area contributed by atoms with E-state index in [-0.39, 0.29) is 12.5 Å². The van der Waals surface area contributed by atoms with E-state index >= 15 is 0 Å². The van der Waals surface area contributed by atoms with Gasteiger partial charge in [-0.15, -0.1) is 0 Å². The summed E-state index contributed by atoms with van der Waals surface area (Å²) in [5.74, 6) is -0.249. The number of carbonyl (C=O) groups excluding carboxylic acids is 2. The summed E-state index contributed by atoms with van der Waals surface area (Å²) < 4.78 is 4.86. The van der Waals surface area contributed by atoms with Gasteiger partial charge in [0.15, 0.2) is 5.13 Å². The maximum atomic E-state index is 11.0. The first-order valence-electron chi connectivity index (χ1n) is 4.00. The Kier molecular flexibility index (Phi) is 4.19. The van der Waals surface area contributed by atoms with Gasteiger partial charge >= 0.3 is 0 Å². The van der Waals surface area contributed by atoms with Gasteiger partial charge in [-0.05, 0) is 11.6 Å². The smallest absolute Gasteiger partial charge is 0.264 e. The lowest BCUT2D eigenvalue weighted by atomic mass is 10.4. The van der Waals surface area contributed by atoms with E-state index in [0.717, 1.165) is 11.3 Å². The van der Waals surface area contributed by atoms with E-state index in [9.17, 15) is 9.59 Å². The lowest BCUT2D eigenvalue weighted by Gasteiger charge is -1.94. The Balaban J connectivity index is 2.97. The monoisotopic (exact) mass is 248 g/mol. The number of hydrogen-bond acceptors (Lipinski definition) is 5. The molecule has 1 aromatic heterocycles. The van der Waals surface area contributed by atoms with E-state index in [0.29, 0.717) is 15.7 Å². The van der Waals surface area contributed by atoms with Gasteiger partial charge in [0.1, 0.15) is 4.88 Å². The molecule has 1 rings (SSSR count). The van der Waals surface area contributed by atoms with Crippen molar-refractivity contribution in [3.05, 3.63) is 10.6 Å². The Morgan fingerprint density at radius 1 is 1.60 bits per heavy atom. The van der Waals surface area contributed by atoms with E-state index < -0.39 is 5.24 Å². The van der Waals surface area contributed by atoms with Crippen molar-refractivity contribution in [2.75, 3.05) is 12.4 Å². The fourth-order valence-corrected chi connectivity index (χ4v) is 2.02. The van der Waals surface area contributed by atoms with Crippen LogP contribution in [0.15, 0.2) is 0 Å². The summed E-state index contributed by atoms with van der Waals surface area (Å²) in [7, 11) is 1.49. The highest BCUT2D eigenvalue weighted by molar-refractivity contribution is 7.19. The van der Waals surface area contributed by atoms with Crippen LogP contribution in [0.1, 0.15) is 22.3 Å². The Morgan fingerprint density at radius 3 is 2.73 bits per heavy atom. The summed E-state index contributed by atoms with van der Waals surface area (Å²) in [5.41, 5.74) is 0.436. The van der Waals surface area contributed by atoms with Gasteiger partial charge in [0.25, 0.3) is 5.24 Å². The Morgan fingerprint density at radius 2 is 2.27 bits per heavy atom. The van der Waals surface area contributed by atoms with Gasteiger partial charge in [-0.3, -0.25) is 9.59 Å². The predicted octanol–water partition coefficient (Wildman–Crippen LogP) is 1.63. The fourth-order valence-electron chi connectivity index (χ4n) is 0.944. The molecular weight excluding hydrogens is 240 g/mol. The first-order valence-corrected chi connectivity index (χ1v) is 5.20. The highest BCUT2D eigenvalue weighted by Crippen LogP contribution is 2.25. The van der Waals surface area contributed by atoms with Crippen molar-refractivity contribution in [3.8, 4) is 0 Å². The van der Waals surface area contributed by atoms with Crippen molar-refractivity contribution in [1.82, 2.24) is 4.98 Å². The van der Waals surface area contributed by atoms with Crippen LogP contribution in [0, 0.1) is 0 Å². The zero-order chi connectivity index (χ0) is 11.4. The van der Waals surface area contributed by atoms with Crippen LogP contribution in [0.5, 0.6) is 0 Å². The largest absolute Gasteiger partial charge is 0.378 e. The topological polar surface area (TPSA) is 68.3 Å². The highest BCUT2D eigenvalue weighted by atomic mass is 35.5. The third-order valence-corrected chi connectivity index (χ3v) is 2.75. The van der Waals surface area contributed by atoms with Gasteiger partial charge in [0, 0.05) is 14.0 Å². The second-order valence-electron chi connectivity index (χ2n) is 2.68. The number of halogens is 1. The van der Waals surface area contributed by atoms with Crippen molar-refractivity contribution in [2.24, 2.45) is 0 Å². The van der Waals surface area contributed by atoms with Crippen molar-refractivity contribution in [1.29, 1.82) is 0 Å². The number of carbonyl (C=O) groups is 2. The molecule has 0 saturated heterocycles. The SMILES string of the molecule is COCc1nc(NC(C)=O)sc1C(=O)Cl. The Bertz CT molecular complexity index is 391. The third-order valence-electron chi connectivity index (χ3n) is 1.44. The van der Waals surface area contributed by atoms with E-state index in [1.54, 1.807) is 0 Å². The number of rotatable bonds is 4. The molecule has 82 valence electrons. The summed E-state index contributed by atoms with van der Waals surface area (Å²) in [4.78, 5) is 26.1. The lowest BCUT2D eigenvalue weighted by molar-refractivity contribution is -0.114. The van der Waals surface area contributed by atoms with E-state index in [1.165, 1.54) is 14.0 Å². The quantitative estimate of drug-likeness (QED) is 0.823. The molecule has 0 spiro atoms. The summed E-state index contributed by atoms with van der Waals surface area (Å²) in [6.07, 6.45) is 0. The molecule has 1 amide bonds. The van der Waals surface area contributed by atoms with Gasteiger partial charge in [0.05, 0.1) is 12.3 Å². The number of ether oxygens (including phenoxy) is 1. The van der Waals surface area contributed by atoms with Crippen LogP contribution in [-0.2, 0) is 16.1 Å². The molecule has 0 aliphatic carbocycles. The standard InChI is InChI=1S/C8H9ClN2O3S/c1-4(12)10-8-11-5(3-14-2)6(15-8)7(9)13/h3H2,1-2H3,(H,10,11,12). The van der Waals surface area contributed by atoms with Crippen LogP contribution in [-0.4, -0.2) is 23.2 Å². The van der Waals surface area contributed by atoms with Crippen molar-refractivity contribution < 1.29 is 14.3 Å². The summed E-state index contributed by atoms with van der Waals surface area (Å²) in [6, 6.07) is 0. The van der Waals surface area contributed by atoms with Gasteiger partial charge in [-0.25, -0.2) is 4.98 Å². The molecule has 7 heteroatoms. The van der Waals surface area contributed by atoms with Crippen molar-refractivity contribution in [2.45, 2.75) is 13.5 Å². The van der Waals surface area contributed by atoms with Crippen LogP contribution in [0.2, 0.25) is 0 Å². The van der Waals surface area contributed by atoms with Crippen LogP contribution < -0.4 is 5.32 Å². The molecule has 0 unspecified atom stereocenters. The average Bonchev–Trinajstić information content (AvgIpc) is 2.47. The minimum Gasteiger partial charge on any atom is -0.378 e. The number of amides is 1. The average molecular weight is 249 g/mol. The van der Waals surface area contributed by atoms with E-state index in [1.807, 2.05) is 0 Å². The van der Waals surface area contributed by atoms with E-state index in [4.69, 9.17) is 16.3 Å². The number of thiazole rings is 1. The molecule has 1 N–H and O–H groups in total. The summed E-state index contributed by atoms with van der Waals surface area (Å²) >= 11 is 6.39. The maximum Gasteiger partial charge on any atom is 0.264 e. The van der Waals surface area contributed by atoms with Crippen LogP contribution >= 0.6 is 22.9 Å². The van der Waals surface area contributed by atoms with Crippen LogP contribution in [0.25, 0.3) is 0 Å². The van der Waals surface area contributed by atoms with Gasteiger partial charge < -0.3 is 10.1 Å². The zero-order valence-corrected chi connectivity index (χ0v) is 9.74. The molecular formula is C8H9ClN2O3S. The second-order valence-corrected chi connectivity index (χ2v) is 4.03. The summed E-state index contributed by atoms with van der Waals surface area (Å²) in [6.45, 7) is 1.55. The molecule has 0 fully saturated rings. The first kappa shape index (κ1) is 12.1. The molecule has 0 aliphatic rings. The van der Waals surface area contributed by atoms with Gasteiger partial charge in [0.2, 0.25) is 5.91 Å². The second kappa shape index (κ2) is 5.20. The molecule has 5 nitrogen and oxygen atoms in total. The number of methoxy groups -OCH3 is 1. The number of aromatic nitrogens is 1. The molecule has 0 bridgehead atoms. The lowest BCUT2D eigenvalue weighted by Crippen LogP contribution is -2.05. The summed E-state index contributed by atoms with van der Waals surface area (Å²) in [5, 5.41) is 2.23. The first-order chi connectivity index (χ1) is 7.04. The zero-order valence-electron chi connectivity index (χ0n) is 8.17. The molecule has 0 aromatic carbocycles. The number of nitrogens with one attached hydrogen (secondary N) is 1. The minimum absolute atomic E-state index is 0.184. The maximum absolute atomic E-state index is 11.0. The van der Waals surface area contributed by atoms with Gasteiger partial charge in [-0.2, -0.15) is 0 Å². The van der Waals surface area contributed by atoms with Crippen LogP contribution in [0.4, 0.5) is 5.13 Å². The number of anilines is 1. The van der Waals surface area contributed by atoms with Crippen LogP contribution in [0.3, 0.4) is 0 Å². The molecule has 0 saturated carbocycles. The number of hydrogen-bond donors (Lipinski definition) is 1.